The zero-order valence-corrected chi connectivity index (χ0v) is 11.9. The smallest absolute Gasteiger partial charge is 0.0952 e. The Bertz CT molecular complexity index is 505. The summed E-state index contributed by atoms with van der Waals surface area (Å²) in [7, 11) is 2.10. The van der Waals surface area contributed by atoms with Crippen molar-refractivity contribution in [1.29, 1.82) is 0 Å². The van der Waals surface area contributed by atoms with Crippen LogP contribution >= 0.6 is 0 Å². The van der Waals surface area contributed by atoms with Crippen molar-refractivity contribution in [3.05, 3.63) is 53.5 Å². The van der Waals surface area contributed by atoms with Crippen molar-refractivity contribution in [2.75, 3.05) is 18.5 Å². The molecule has 0 unspecified atom stereocenters. The number of hydrogen-bond acceptors (Lipinski definition) is 3. The highest BCUT2D eigenvalue weighted by atomic mass is 16.3. The third-order valence-electron chi connectivity index (χ3n) is 3.33. The van der Waals surface area contributed by atoms with Crippen LogP contribution in [0.4, 0.5) is 5.69 Å². The molecular formula is C16H22N2O. The Morgan fingerprint density at radius 2 is 2.11 bits per heavy atom. The zero-order valence-electron chi connectivity index (χ0n) is 11.9. The molecule has 2 aromatic rings. The summed E-state index contributed by atoms with van der Waals surface area (Å²) >= 11 is 0. The van der Waals surface area contributed by atoms with Crippen LogP contribution in [0.5, 0.6) is 0 Å². The van der Waals surface area contributed by atoms with Gasteiger partial charge < -0.3 is 14.6 Å². The Kier molecular flexibility index (Phi) is 4.63. The van der Waals surface area contributed by atoms with Gasteiger partial charge in [-0.05, 0) is 42.8 Å². The van der Waals surface area contributed by atoms with Crippen LogP contribution in [0.3, 0.4) is 0 Å². The van der Waals surface area contributed by atoms with Crippen molar-refractivity contribution in [1.82, 2.24) is 5.32 Å². The Morgan fingerprint density at radius 3 is 2.74 bits per heavy atom. The number of furan rings is 1. The fourth-order valence-corrected chi connectivity index (χ4v) is 2.12. The van der Waals surface area contributed by atoms with Crippen molar-refractivity contribution in [2.45, 2.75) is 26.9 Å². The molecular weight excluding hydrogens is 236 g/mol. The van der Waals surface area contributed by atoms with Crippen LogP contribution in [0.2, 0.25) is 0 Å². The van der Waals surface area contributed by atoms with E-state index >= 15 is 0 Å². The predicted molar refractivity (Wildman–Crippen MR) is 79.4 cm³/mol. The number of aryl methyl sites for hydroxylation is 1. The van der Waals surface area contributed by atoms with E-state index in [0.29, 0.717) is 0 Å². The van der Waals surface area contributed by atoms with E-state index in [1.165, 1.54) is 22.4 Å². The van der Waals surface area contributed by atoms with Crippen molar-refractivity contribution in [3.8, 4) is 0 Å². The first kappa shape index (κ1) is 13.7. The minimum atomic E-state index is 0.864. The summed E-state index contributed by atoms with van der Waals surface area (Å²) in [6.45, 7) is 7.10. The molecule has 0 saturated heterocycles. The fourth-order valence-electron chi connectivity index (χ4n) is 2.12. The summed E-state index contributed by atoms with van der Waals surface area (Å²) in [6, 6.07) is 8.63. The van der Waals surface area contributed by atoms with Crippen LogP contribution in [-0.4, -0.2) is 13.6 Å². The molecule has 0 aliphatic rings. The summed E-state index contributed by atoms with van der Waals surface area (Å²) in [5.74, 6) is 0. The van der Waals surface area contributed by atoms with E-state index < -0.39 is 0 Å². The number of anilines is 1. The maximum Gasteiger partial charge on any atom is 0.0952 e. The summed E-state index contributed by atoms with van der Waals surface area (Å²) in [6.07, 6.45) is 3.51. The molecule has 1 N–H and O–H groups in total. The lowest BCUT2D eigenvalue weighted by atomic mass is 10.1. The first-order valence-corrected chi connectivity index (χ1v) is 6.73. The molecule has 0 spiro atoms. The molecule has 0 bridgehead atoms. The van der Waals surface area contributed by atoms with Crippen LogP contribution in [0.1, 0.15) is 23.6 Å². The quantitative estimate of drug-likeness (QED) is 0.861. The van der Waals surface area contributed by atoms with Gasteiger partial charge in [-0.1, -0.05) is 13.0 Å². The lowest BCUT2D eigenvalue weighted by Crippen LogP contribution is -2.17. The predicted octanol–water partition coefficient (Wildman–Crippen LogP) is 3.33. The second kappa shape index (κ2) is 6.43. The van der Waals surface area contributed by atoms with Crippen LogP contribution in [0.15, 0.2) is 41.2 Å². The van der Waals surface area contributed by atoms with Gasteiger partial charge in [-0.25, -0.2) is 0 Å². The van der Waals surface area contributed by atoms with Gasteiger partial charge >= 0.3 is 0 Å². The first-order chi connectivity index (χ1) is 9.20. The van der Waals surface area contributed by atoms with Crippen molar-refractivity contribution in [3.63, 3.8) is 0 Å². The highest BCUT2D eigenvalue weighted by molar-refractivity contribution is 5.50. The second-order valence-electron chi connectivity index (χ2n) is 4.88. The van der Waals surface area contributed by atoms with Gasteiger partial charge in [0.1, 0.15) is 0 Å². The zero-order chi connectivity index (χ0) is 13.7. The number of nitrogens with one attached hydrogen (secondary N) is 1. The number of hydrogen-bond donors (Lipinski definition) is 1. The maximum atomic E-state index is 5.10. The number of nitrogens with zero attached hydrogens (tertiary/aromatic N) is 1. The van der Waals surface area contributed by atoms with Gasteiger partial charge in [0.2, 0.25) is 0 Å². The van der Waals surface area contributed by atoms with Crippen molar-refractivity contribution in [2.24, 2.45) is 0 Å². The van der Waals surface area contributed by atoms with E-state index in [4.69, 9.17) is 4.42 Å². The molecule has 0 atom stereocenters. The van der Waals surface area contributed by atoms with Crippen molar-refractivity contribution >= 4 is 5.69 Å². The summed E-state index contributed by atoms with van der Waals surface area (Å²) in [5, 5.41) is 3.36. The Hall–Kier alpha value is -1.74. The molecule has 0 radical (unpaired) electrons. The fraction of sp³-hybridized carbons (Fsp3) is 0.375. The maximum absolute atomic E-state index is 5.10. The molecule has 0 aliphatic carbocycles. The SMILES string of the molecule is CCNCc1ccc(N(C)Cc2ccoc2)cc1C. The topological polar surface area (TPSA) is 28.4 Å². The molecule has 0 amide bonds. The highest BCUT2D eigenvalue weighted by Crippen LogP contribution is 2.20. The van der Waals surface area contributed by atoms with E-state index in [9.17, 15) is 0 Å². The van der Waals surface area contributed by atoms with Gasteiger partial charge in [-0.2, -0.15) is 0 Å². The Balaban J connectivity index is 2.06. The molecule has 0 fully saturated rings. The van der Waals surface area contributed by atoms with E-state index in [1.54, 1.807) is 12.5 Å². The Morgan fingerprint density at radius 1 is 1.26 bits per heavy atom. The minimum Gasteiger partial charge on any atom is -0.472 e. The summed E-state index contributed by atoms with van der Waals surface area (Å²) in [4.78, 5) is 2.23. The first-order valence-electron chi connectivity index (χ1n) is 6.73. The largest absolute Gasteiger partial charge is 0.472 e. The van der Waals surface area contributed by atoms with Gasteiger partial charge in [-0.15, -0.1) is 0 Å². The van der Waals surface area contributed by atoms with E-state index in [2.05, 4.69) is 49.3 Å². The number of benzene rings is 1. The molecule has 1 heterocycles. The molecule has 1 aromatic heterocycles. The summed E-state index contributed by atoms with van der Waals surface area (Å²) < 4.78 is 5.10. The second-order valence-corrected chi connectivity index (χ2v) is 4.88. The van der Waals surface area contributed by atoms with Crippen molar-refractivity contribution < 1.29 is 4.42 Å². The lowest BCUT2D eigenvalue weighted by Gasteiger charge is -2.20. The van der Waals surface area contributed by atoms with E-state index in [-0.39, 0.29) is 0 Å². The van der Waals surface area contributed by atoms with Gasteiger partial charge in [0.05, 0.1) is 12.5 Å². The van der Waals surface area contributed by atoms with Crippen LogP contribution in [-0.2, 0) is 13.1 Å². The molecule has 102 valence electrons. The van der Waals surface area contributed by atoms with Crippen LogP contribution in [0.25, 0.3) is 0 Å². The van der Waals surface area contributed by atoms with Crippen LogP contribution in [0, 0.1) is 6.92 Å². The molecule has 3 heteroatoms. The lowest BCUT2D eigenvalue weighted by molar-refractivity contribution is 0.563. The summed E-state index contributed by atoms with van der Waals surface area (Å²) in [5.41, 5.74) is 5.12. The monoisotopic (exact) mass is 258 g/mol. The average molecular weight is 258 g/mol. The van der Waals surface area contributed by atoms with Gasteiger partial charge in [0, 0.05) is 31.4 Å². The number of rotatable bonds is 6. The minimum absolute atomic E-state index is 0.864. The van der Waals surface area contributed by atoms with E-state index in [0.717, 1.165) is 19.6 Å². The molecule has 2 rings (SSSR count). The van der Waals surface area contributed by atoms with Gasteiger partial charge in [0.15, 0.2) is 0 Å². The molecule has 1 aromatic carbocycles. The molecule has 3 nitrogen and oxygen atoms in total. The molecule has 0 aliphatic heterocycles. The third-order valence-corrected chi connectivity index (χ3v) is 3.33. The van der Waals surface area contributed by atoms with E-state index in [1.807, 2.05) is 6.07 Å². The van der Waals surface area contributed by atoms with Gasteiger partial charge in [0.25, 0.3) is 0 Å². The molecule has 19 heavy (non-hydrogen) atoms. The third kappa shape index (κ3) is 3.61. The normalized spacial score (nSPS) is 10.7. The average Bonchev–Trinajstić information content (AvgIpc) is 2.90. The van der Waals surface area contributed by atoms with Crippen LogP contribution < -0.4 is 10.2 Å². The highest BCUT2D eigenvalue weighted by Gasteiger charge is 2.05. The molecule has 0 saturated carbocycles. The van der Waals surface area contributed by atoms with Gasteiger partial charge in [-0.3, -0.25) is 0 Å². The standard InChI is InChI=1S/C16H22N2O/c1-4-17-10-15-5-6-16(9-13(15)2)18(3)11-14-7-8-19-12-14/h5-9,12,17H,4,10-11H2,1-3H3. The Labute approximate surface area is 115 Å².